The van der Waals surface area contributed by atoms with Crippen molar-refractivity contribution < 1.29 is 9.47 Å². The maximum absolute atomic E-state index is 6.05. The molecule has 0 aromatic carbocycles. The lowest BCUT2D eigenvalue weighted by molar-refractivity contribution is 0.00890. The minimum atomic E-state index is 0.338. The van der Waals surface area contributed by atoms with Crippen LogP contribution in [0.15, 0.2) is 0 Å². The summed E-state index contributed by atoms with van der Waals surface area (Å²) in [6.45, 7) is 9.23. The Bertz CT molecular complexity index is 243. The highest BCUT2D eigenvalue weighted by molar-refractivity contribution is 5.00. The van der Waals surface area contributed by atoms with Gasteiger partial charge in [-0.05, 0) is 44.6 Å². The molecule has 1 saturated carbocycles. The Morgan fingerprint density at radius 2 is 2.11 bits per heavy atom. The van der Waals surface area contributed by atoms with Gasteiger partial charge in [0.15, 0.2) is 0 Å². The first-order valence-corrected chi connectivity index (χ1v) is 7.72. The molecule has 3 heteroatoms. The minimum Gasteiger partial charge on any atom is -0.381 e. The minimum absolute atomic E-state index is 0.338. The van der Waals surface area contributed by atoms with Gasteiger partial charge in [0.25, 0.3) is 0 Å². The van der Waals surface area contributed by atoms with E-state index >= 15 is 0 Å². The molecular weight excluding hydrogens is 226 g/mol. The molecule has 2 rings (SSSR count). The molecule has 1 aliphatic heterocycles. The predicted octanol–water partition coefficient (Wildman–Crippen LogP) is 2.60. The van der Waals surface area contributed by atoms with Gasteiger partial charge in [0.2, 0.25) is 0 Å². The standard InChI is InChI=1S/C15H29NO2/c1-3-9-17-10-7-15(12-16-4-2)8-11-18-14(15)13-5-6-13/h13-14,16H,3-12H2,1-2H3. The maximum atomic E-state index is 6.05. The average Bonchev–Trinajstić information content (AvgIpc) is 3.14. The van der Waals surface area contributed by atoms with Crippen molar-refractivity contribution in [3.8, 4) is 0 Å². The van der Waals surface area contributed by atoms with Crippen LogP contribution in [0.1, 0.15) is 46.0 Å². The number of hydrogen-bond acceptors (Lipinski definition) is 3. The Balaban J connectivity index is 1.88. The van der Waals surface area contributed by atoms with Crippen LogP contribution in [0, 0.1) is 11.3 Å². The Morgan fingerprint density at radius 1 is 1.28 bits per heavy atom. The fraction of sp³-hybridized carbons (Fsp3) is 1.00. The van der Waals surface area contributed by atoms with Gasteiger partial charge in [0.1, 0.15) is 0 Å². The summed E-state index contributed by atoms with van der Waals surface area (Å²) >= 11 is 0. The molecule has 2 unspecified atom stereocenters. The van der Waals surface area contributed by atoms with Gasteiger partial charge < -0.3 is 14.8 Å². The number of hydrogen-bond donors (Lipinski definition) is 1. The molecule has 3 nitrogen and oxygen atoms in total. The summed E-state index contributed by atoms with van der Waals surface area (Å²) in [5.74, 6) is 0.831. The van der Waals surface area contributed by atoms with Crippen molar-refractivity contribution in [1.29, 1.82) is 0 Å². The first-order chi connectivity index (χ1) is 8.82. The summed E-state index contributed by atoms with van der Waals surface area (Å²) in [6, 6.07) is 0. The first kappa shape index (κ1) is 14.3. The number of nitrogens with one attached hydrogen (secondary N) is 1. The average molecular weight is 255 g/mol. The third-order valence-electron chi connectivity index (χ3n) is 4.37. The quantitative estimate of drug-likeness (QED) is 0.642. The van der Waals surface area contributed by atoms with Gasteiger partial charge in [0, 0.05) is 31.8 Å². The van der Waals surface area contributed by atoms with Crippen LogP contribution >= 0.6 is 0 Å². The van der Waals surface area contributed by atoms with Crippen LogP contribution in [-0.2, 0) is 9.47 Å². The summed E-state index contributed by atoms with van der Waals surface area (Å²) in [6.07, 6.45) is 6.70. The molecule has 0 amide bonds. The van der Waals surface area contributed by atoms with E-state index in [-0.39, 0.29) is 0 Å². The van der Waals surface area contributed by atoms with Gasteiger partial charge in [-0.15, -0.1) is 0 Å². The van der Waals surface area contributed by atoms with Crippen LogP contribution in [0.25, 0.3) is 0 Å². The van der Waals surface area contributed by atoms with Crippen molar-refractivity contribution in [2.45, 2.75) is 52.1 Å². The lowest BCUT2D eigenvalue weighted by atomic mass is 9.76. The lowest BCUT2D eigenvalue weighted by Gasteiger charge is -2.34. The van der Waals surface area contributed by atoms with Crippen LogP contribution in [0.5, 0.6) is 0 Å². The summed E-state index contributed by atoms with van der Waals surface area (Å²) in [7, 11) is 0. The van der Waals surface area contributed by atoms with Gasteiger partial charge in [0.05, 0.1) is 6.10 Å². The maximum Gasteiger partial charge on any atom is 0.0673 e. The fourth-order valence-corrected chi connectivity index (χ4v) is 3.18. The fourth-order valence-electron chi connectivity index (χ4n) is 3.18. The topological polar surface area (TPSA) is 30.5 Å². The molecule has 0 spiro atoms. The molecule has 1 aliphatic carbocycles. The molecule has 0 aromatic rings. The molecule has 1 heterocycles. The summed E-state index contributed by atoms with van der Waals surface area (Å²) in [4.78, 5) is 0. The van der Waals surface area contributed by atoms with E-state index in [2.05, 4.69) is 19.2 Å². The van der Waals surface area contributed by atoms with Crippen molar-refractivity contribution in [2.75, 3.05) is 32.9 Å². The second-order valence-corrected chi connectivity index (χ2v) is 5.88. The largest absolute Gasteiger partial charge is 0.381 e. The van der Waals surface area contributed by atoms with E-state index in [0.717, 1.165) is 51.7 Å². The number of ether oxygens (including phenoxy) is 2. The van der Waals surface area contributed by atoms with Gasteiger partial charge in [-0.2, -0.15) is 0 Å². The SMILES string of the molecule is CCCOCCC1(CNCC)CCOC1C1CC1. The lowest BCUT2D eigenvalue weighted by Crippen LogP contribution is -2.42. The van der Waals surface area contributed by atoms with Gasteiger partial charge in [-0.1, -0.05) is 13.8 Å². The van der Waals surface area contributed by atoms with Crippen LogP contribution in [0.3, 0.4) is 0 Å². The molecule has 1 N–H and O–H groups in total. The third-order valence-corrected chi connectivity index (χ3v) is 4.37. The van der Waals surface area contributed by atoms with Gasteiger partial charge in [-0.3, -0.25) is 0 Å². The highest BCUT2D eigenvalue weighted by Gasteiger charge is 2.50. The smallest absolute Gasteiger partial charge is 0.0673 e. The van der Waals surface area contributed by atoms with E-state index in [4.69, 9.17) is 9.47 Å². The normalized spacial score (nSPS) is 32.0. The van der Waals surface area contributed by atoms with E-state index in [1.54, 1.807) is 0 Å². The zero-order valence-corrected chi connectivity index (χ0v) is 12.0. The summed E-state index contributed by atoms with van der Waals surface area (Å²) in [5, 5.41) is 3.55. The van der Waals surface area contributed by atoms with Crippen molar-refractivity contribution in [3.63, 3.8) is 0 Å². The highest BCUT2D eigenvalue weighted by Crippen LogP contribution is 2.49. The van der Waals surface area contributed by atoms with Crippen LogP contribution < -0.4 is 5.32 Å². The Hall–Kier alpha value is -0.120. The summed E-state index contributed by atoms with van der Waals surface area (Å²) in [5.41, 5.74) is 0.338. The van der Waals surface area contributed by atoms with Crippen molar-refractivity contribution in [2.24, 2.45) is 11.3 Å². The van der Waals surface area contributed by atoms with Crippen LogP contribution in [0.2, 0.25) is 0 Å². The van der Waals surface area contributed by atoms with E-state index in [9.17, 15) is 0 Å². The van der Waals surface area contributed by atoms with Crippen molar-refractivity contribution in [1.82, 2.24) is 5.32 Å². The molecule has 2 fully saturated rings. The molecular formula is C15H29NO2. The molecule has 2 aliphatic rings. The summed E-state index contributed by atoms with van der Waals surface area (Å²) < 4.78 is 11.8. The second kappa shape index (κ2) is 6.88. The first-order valence-electron chi connectivity index (χ1n) is 7.72. The van der Waals surface area contributed by atoms with E-state index in [1.807, 2.05) is 0 Å². The van der Waals surface area contributed by atoms with Crippen molar-refractivity contribution >= 4 is 0 Å². The molecule has 0 radical (unpaired) electrons. The molecule has 18 heavy (non-hydrogen) atoms. The van der Waals surface area contributed by atoms with Gasteiger partial charge in [-0.25, -0.2) is 0 Å². The molecule has 0 aromatic heterocycles. The number of rotatable bonds is 9. The zero-order chi connectivity index (χ0) is 12.8. The molecule has 2 atom stereocenters. The van der Waals surface area contributed by atoms with Gasteiger partial charge >= 0.3 is 0 Å². The van der Waals surface area contributed by atoms with Crippen LogP contribution in [0.4, 0.5) is 0 Å². The Labute approximate surface area is 112 Å². The highest BCUT2D eigenvalue weighted by atomic mass is 16.5. The van der Waals surface area contributed by atoms with Crippen molar-refractivity contribution in [3.05, 3.63) is 0 Å². The molecule has 1 saturated heterocycles. The monoisotopic (exact) mass is 255 g/mol. The Morgan fingerprint density at radius 3 is 2.78 bits per heavy atom. The molecule has 106 valence electrons. The zero-order valence-electron chi connectivity index (χ0n) is 12.0. The third kappa shape index (κ3) is 3.46. The van der Waals surface area contributed by atoms with E-state index in [1.165, 1.54) is 19.3 Å². The Kier molecular flexibility index (Phi) is 5.46. The second-order valence-electron chi connectivity index (χ2n) is 5.88. The van der Waals surface area contributed by atoms with E-state index in [0.29, 0.717) is 11.5 Å². The van der Waals surface area contributed by atoms with Crippen LogP contribution in [-0.4, -0.2) is 39.0 Å². The predicted molar refractivity (Wildman–Crippen MR) is 73.8 cm³/mol. The molecule has 0 bridgehead atoms. The van der Waals surface area contributed by atoms with E-state index < -0.39 is 0 Å².